The van der Waals surface area contributed by atoms with Crippen LogP contribution in [0, 0.1) is 5.92 Å². The summed E-state index contributed by atoms with van der Waals surface area (Å²) in [5, 5.41) is 4.00. The summed E-state index contributed by atoms with van der Waals surface area (Å²) >= 11 is 0. The third-order valence-electron chi connectivity index (χ3n) is 8.72. The van der Waals surface area contributed by atoms with Gasteiger partial charge in [0.2, 0.25) is 17.7 Å². The predicted molar refractivity (Wildman–Crippen MR) is 158 cm³/mol. The monoisotopic (exact) mass is 566 g/mol. The molecule has 2 aromatic rings. The quantitative estimate of drug-likeness (QED) is 0.350. The van der Waals surface area contributed by atoms with Gasteiger partial charge in [-0.3, -0.25) is 14.4 Å². The predicted octanol–water partition coefficient (Wildman–Crippen LogP) is 4.35. The Morgan fingerprint density at radius 1 is 1.10 bits per heavy atom. The maximum atomic E-state index is 14.0. The van der Waals surface area contributed by atoms with Crippen molar-refractivity contribution < 1.29 is 23.9 Å². The molecule has 1 aromatic heterocycles. The fourth-order valence-corrected chi connectivity index (χ4v) is 6.36. The van der Waals surface area contributed by atoms with Gasteiger partial charge in [0.1, 0.15) is 12.1 Å². The summed E-state index contributed by atoms with van der Waals surface area (Å²) in [6.45, 7) is 2.90. The van der Waals surface area contributed by atoms with Gasteiger partial charge < -0.3 is 24.8 Å². The first-order valence-electron chi connectivity index (χ1n) is 15.4. The van der Waals surface area contributed by atoms with Crippen LogP contribution >= 0.6 is 0 Å². The first-order valence-corrected chi connectivity index (χ1v) is 15.4. The lowest BCUT2D eigenvalue weighted by atomic mass is 9.87. The lowest BCUT2D eigenvalue weighted by molar-refractivity contribution is -0.152. The number of nitrogens with one attached hydrogen (secondary N) is 2. The number of hydrogen-bond donors (Lipinski definition) is 2. The number of unbranched alkanes of at least 4 members (excludes halogenated alkanes) is 1. The van der Waals surface area contributed by atoms with Crippen molar-refractivity contribution >= 4 is 34.6 Å². The molecule has 1 aliphatic carbocycles. The molecule has 0 spiro atoms. The second kappa shape index (κ2) is 15.0. The van der Waals surface area contributed by atoms with Crippen LogP contribution in [0.25, 0.3) is 10.9 Å². The smallest absolute Gasteiger partial charge is 0.328 e. The summed E-state index contributed by atoms with van der Waals surface area (Å²) in [5.74, 6) is -0.554. The molecule has 224 valence electrons. The molecule has 2 N–H and O–H groups in total. The van der Waals surface area contributed by atoms with Gasteiger partial charge in [-0.2, -0.15) is 0 Å². The second-order valence-corrected chi connectivity index (χ2v) is 11.6. The molecule has 2 aliphatic rings. The Kier molecular flexibility index (Phi) is 11.2. The number of amides is 3. The van der Waals surface area contributed by atoms with E-state index in [1.807, 2.05) is 30.5 Å². The molecule has 0 unspecified atom stereocenters. The van der Waals surface area contributed by atoms with E-state index in [1.165, 1.54) is 26.4 Å². The minimum absolute atomic E-state index is 0.0972. The van der Waals surface area contributed by atoms with Crippen molar-refractivity contribution in [2.24, 2.45) is 5.92 Å². The second-order valence-electron chi connectivity index (χ2n) is 11.6. The van der Waals surface area contributed by atoms with Crippen LogP contribution in [-0.2, 0) is 30.3 Å². The third kappa shape index (κ3) is 8.11. The molecule has 0 radical (unpaired) electrons. The molecule has 2 heterocycles. The maximum Gasteiger partial charge on any atom is 0.328 e. The molecule has 1 aromatic carbocycles. The van der Waals surface area contributed by atoms with Gasteiger partial charge in [-0.15, -0.1) is 0 Å². The Bertz CT molecular complexity index is 1190. The van der Waals surface area contributed by atoms with Crippen LogP contribution < -0.4 is 5.32 Å². The van der Waals surface area contributed by atoms with E-state index in [0.717, 1.165) is 55.0 Å². The van der Waals surface area contributed by atoms with Crippen molar-refractivity contribution in [1.82, 2.24) is 20.1 Å². The van der Waals surface area contributed by atoms with Crippen molar-refractivity contribution in [1.29, 1.82) is 0 Å². The van der Waals surface area contributed by atoms with Crippen molar-refractivity contribution in [2.45, 2.75) is 96.1 Å². The molecular formula is C32H46N4O5. The van der Waals surface area contributed by atoms with E-state index >= 15 is 0 Å². The summed E-state index contributed by atoms with van der Waals surface area (Å²) in [6.07, 6.45) is 12.3. The third-order valence-corrected chi connectivity index (χ3v) is 8.72. The Morgan fingerprint density at radius 2 is 1.88 bits per heavy atom. The average Bonchev–Trinajstić information content (AvgIpc) is 3.65. The van der Waals surface area contributed by atoms with Gasteiger partial charge in [-0.05, 0) is 43.2 Å². The summed E-state index contributed by atoms with van der Waals surface area (Å²) in [5.41, 5.74) is 1.85. The molecule has 3 amide bonds. The largest absolute Gasteiger partial charge is 0.467 e. The molecule has 41 heavy (non-hydrogen) atoms. The van der Waals surface area contributed by atoms with Crippen LogP contribution in [0.3, 0.4) is 0 Å². The maximum absolute atomic E-state index is 14.0. The topological polar surface area (TPSA) is 112 Å². The Labute approximate surface area is 243 Å². The summed E-state index contributed by atoms with van der Waals surface area (Å²) in [4.78, 5) is 59.4. The van der Waals surface area contributed by atoms with Crippen molar-refractivity contribution in [3.63, 3.8) is 0 Å². The summed E-state index contributed by atoms with van der Waals surface area (Å²) in [6, 6.07) is 6.53. The zero-order valence-electron chi connectivity index (χ0n) is 24.7. The number of carbonyl (C=O) groups is 4. The van der Waals surface area contributed by atoms with Gasteiger partial charge >= 0.3 is 5.97 Å². The number of para-hydroxylation sites is 1. The molecule has 9 heteroatoms. The van der Waals surface area contributed by atoms with Gasteiger partial charge in [0, 0.05) is 30.2 Å². The molecule has 0 bridgehead atoms. The fraction of sp³-hybridized carbons (Fsp3) is 0.625. The van der Waals surface area contributed by atoms with Crippen LogP contribution in [0.15, 0.2) is 30.5 Å². The summed E-state index contributed by atoms with van der Waals surface area (Å²) in [7, 11) is 1.33. The lowest BCUT2D eigenvalue weighted by Crippen LogP contribution is -2.53. The molecular weight excluding hydrogens is 520 g/mol. The average molecular weight is 567 g/mol. The van der Waals surface area contributed by atoms with Crippen molar-refractivity contribution in [3.8, 4) is 0 Å². The highest BCUT2D eigenvalue weighted by Gasteiger charge is 2.37. The van der Waals surface area contributed by atoms with Gasteiger partial charge in [-0.25, -0.2) is 4.79 Å². The van der Waals surface area contributed by atoms with Crippen LogP contribution in [0.4, 0.5) is 0 Å². The number of hydrogen-bond acceptors (Lipinski definition) is 5. The van der Waals surface area contributed by atoms with E-state index in [4.69, 9.17) is 4.74 Å². The number of aromatic amines is 1. The Balaban J connectivity index is 1.48. The highest BCUT2D eigenvalue weighted by molar-refractivity contribution is 5.94. The number of methoxy groups -OCH3 is 1. The number of carbonyl (C=O) groups excluding carboxylic acids is 4. The van der Waals surface area contributed by atoms with Gasteiger partial charge in [0.25, 0.3) is 0 Å². The SMILES string of the molecule is CCCC[C@@H](NC(=O)Cc1c[nH]c2ccccc12)C(=O)N(CCC1CCCCC1)CC(=O)N1CCC[C@@H]1C(=O)OC. The number of fused-ring (bicyclic) bond motifs is 1. The van der Waals surface area contributed by atoms with Gasteiger partial charge in [-0.1, -0.05) is 70.1 Å². The minimum atomic E-state index is -0.707. The van der Waals surface area contributed by atoms with E-state index in [2.05, 4.69) is 17.2 Å². The molecule has 1 aliphatic heterocycles. The number of esters is 1. The normalized spacial score (nSPS) is 18.3. The molecule has 2 atom stereocenters. The minimum Gasteiger partial charge on any atom is -0.467 e. The van der Waals surface area contributed by atoms with Crippen molar-refractivity contribution in [2.75, 3.05) is 26.7 Å². The molecule has 1 saturated carbocycles. The van der Waals surface area contributed by atoms with Crippen LogP contribution in [0.2, 0.25) is 0 Å². The highest BCUT2D eigenvalue weighted by Crippen LogP contribution is 2.27. The van der Waals surface area contributed by atoms with E-state index in [9.17, 15) is 19.2 Å². The van der Waals surface area contributed by atoms with Crippen molar-refractivity contribution in [3.05, 3.63) is 36.0 Å². The van der Waals surface area contributed by atoms with E-state index in [-0.39, 0.29) is 30.7 Å². The van der Waals surface area contributed by atoms with E-state index in [1.54, 1.807) is 9.80 Å². The highest BCUT2D eigenvalue weighted by atomic mass is 16.5. The Morgan fingerprint density at radius 3 is 2.63 bits per heavy atom. The molecule has 2 fully saturated rings. The number of ether oxygens (including phenoxy) is 1. The Hall–Kier alpha value is -3.36. The van der Waals surface area contributed by atoms with Crippen LogP contribution in [0.5, 0.6) is 0 Å². The van der Waals surface area contributed by atoms with Gasteiger partial charge in [0.05, 0.1) is 20.1 Å². The van der Waals surface area contributed by atoms with E-state index in [0.29, 0.717) is 31.8 Å². The standard InChI is InChI=1S/C32H46N4O5/c1-3-4-14-27(34-29(37)20-24-21-33-26-15-9-8-13-25(24)26)31(39)35(19-17-23-11-6-5-7-12-23)22-30(38)36-18-10-16-28(36)32(40)41-2/h8-9,13,15,21,23,27-28,33H,3-7,10-12,14,16-20,22H2,1-2H3,(H,34,37)/t27-,28-/m1/s1. The molecule has 9 nitrogen and oxygen atoms in total. The first-order chi connectivity index (χ1) is 19.9. The van der Waals surface area contributed by atoms with E-state index < -0.39 is 18.1 Å². The number of likely N-dealkylation sites (tertiary alicyclic amines) is 1. The summed E-state index contributed by atoms with van der Waals surface area (Å²) < 4.78 is 4.93. The number of benzene rings is 1. The zero-order valence-corrected chi connectivity index (χ0v) is 24.7. The number of nitrogens with zero attached hydrogens (tertiary/aromatic N) is 2. The zero-order chi connectivity index (χ0) is 29.2. The number of H-pyrrole nitrogens is 1. The number of aromatic nitrogens is 1. The number of rotatable bonds is 13. The van der Waals surface area contributed by atoms with Crippen LogP contribution in [0.1, 0.15) is 83.1 Å². The molecule has 1 saturated heterocycles. The van der Waals surface area contributed by atoms with Crippen LogP contribution in [-0.4, -0.2) is 77.3 Å². The van der Waals surface area contributed by atoms with Gasteiger partial charge in [0.15, 0.2) is 0 Å². The lowest BCUT2D eigenvalue weighted by Gasteiger charge is -2.32. The molecule has 4 rings (SSSR count). The first kappa shape index (κ1) is 30.6. The fourth-order valence-electron chi connectivity index (χ4n) is 6.36.